The number of halogens is 1. The summed E-state index contributed by atoms with van der Waals surface area (Å²) in [6.45, 7) is 0. The number of anilines is 1. The molecule has 0 aliphatic carbocycles. The lowest BCUT2D eigenvalue weighted by Gasteiger charge is -2.04. The third-order valence-electron chi connectivity index (χ3n) is 1.79. The molecule has 0 atom stereocenters. The van der Waals surface area contributed by atoms with Crippen molar-refractivity contribution in [3.8, 4) is 5.69 Å². The second kappa shape index (κ2) is 3.82. The van der Waals surface area contributed by atoms with Crippen LogP contribution in [-0.2, 0) is 0 Å². The lowest BCUT2D eigenvalue weighted by atomic mass is 10.3. The topological polar surface area (TPSA) is 73.8 Å². The molecular formula is C9H7BrN4O. The van der Waals surface area contributed by atoms with E-state index in [1.54, 1.807) is 0 Å². The molecule has 0 amide bonds. The lowest BCUT2D eigenvalue weighted by molar-refractivity contribution is 0.803. The van der Waals surface area contributed by atoms with Crippen molar-refractivity contribution in [1.82, 2.24) is 14.8 Å². The molecule has 76 valence electrons. The Morgan fingerprint density at radius 3 is 2.87 bits per heavy atom. The van der Waals surface area contributed by atoms with E-state index in [1.165, 1.54) is 11.0 Å². The number of aromatic nitrogens is 3. The van der Waals surface area contributed by atoms with E-state index >= 15 is 0 Å². The Morgan fingerprint density at radius 1 is 1.40 bits per heavy atom. The Balaban J connectivity index is 2.55. The predicted molar refractivity (Wildman–Crippen MR) is 59.7 cm³/mol. The van der Waals surface area contributed by atoms with Gasteiger partial charge in [-0.25, -0.2) is 4.68 Å². The molecule has 1 heterocycles. The van der Waals surface area contributed by atoms with Gasteiger partial charge in [-0.15, -0.1) is 5.10 Å². The van der Waals surface area contributed by atoms with Crippen LogP contribution in [0.15, 0.2) is 39.9 Å². The third kappa shape index (κ3) is 2.04. The van der Waals surface area contributed by atoms with E-state index in [-0.39, 0.29) is 5.82 Å². The van der Waals surface area contributed by atoms with Crippen molar-refractivity contribution < 1.29 is 0 Å². The van der Waals surface area contributed by atoms with Crippen LogP contribution >= 0.6 is 15.9 Å². The Labute approximate surface area is 93.7 Å². The van der Waals surface area contributed by atoms with Crippen LogP contribution in [0.2, 0.25) is 0 Å². The summed E-state index contributed by atoms with van der Waals surface area (Å²) in [4.78, 5) is 14.5. The highest BCUT2D eigenvalue weighted by atomic mass is 79.9. The number of benzene rings is 1. The molecule has 0 fully saturated rings. The minimum atomic E-state index is -0.513. The molecule has 0 radical (unpaired) electrons. The fraction of sp³-hybridized carbons (Fsp3) is 0. The predicted octanol–water partition coefficient (Wildman–Crippen LogP) is 0.972. The van der Waals surface area contributed by atoms with E-state index in [9.17, 15) is 4.79 Å². The molecule has 5 nitrogen and oxygen atoms in total. The first-order valence-electron chi connectivity index (χ1n) is 4.14. The first-order valence-corrected chi connectivity index (χ1v) is 4.93. The van der Waals surface area contributed by atoms with Crippen molar-refractivity contribution in [1.29, 1.82) is 0 Å². The largest absolute Gasteiger partial charge is 0.378 e. The van der Waals surface area contributed by atoms with E-state index in [4.69, 9.17) is 5.73 Å². The quantitative estimate of drug-likeness (QED) is 0.835. The van der Waals surface area contributed by atoms with Gasteiger partial charge in [-0.05, 0) is 18.2 Å². The van der Waals surface area contributed by atoms with Crippen molar-refractivity contribution in [2.45, 2.75) is 0 Å². The normalized spacial score (nSPS) is 10.2. The molecule has 1 aromatic carbocycles. The molecule has 6 heteroatoms. The van der Waals surface area contributed by atoms with Crippen LogP contribution in [0.4, 0.5) is 5.82 Å². The van der Waals surface area contributed by atoms with Gasteiger partial charge in [0.2, 0.25) is 5.82 Å². The zero-order valence-electron chi connectivity index (χ0n) is 7.59. The summed E-state index contributed by atoms with van der Waals surface area (Å²) in [5.41, 5.74) is 5.65. The van der Waals surface area contributed by atoms with Gasteiger partial charge >= 0.3 is 5.56 Å². The van der Waals surface area contributed by atoms with Crippen molar-refractivity contribution >= 4 is 21.7 Å². The zero-order valence-corrected chi connectivity index (χ0v) is 9.18. The lowest BCUT2D eigenvalue weighted by Crippen LogP contribution is -2.18. The molecule has 0 spiro atoms. The molecule has 0 saturated carbocycles. The van der Waals surface area contributed by atoms with Gasteiger partial charge in [-0.3, -0.25) is 4.79 Å². The number of nitrogens with zero attached hydrogens (tertiary/aromatic N) is 3. The molecule has 0 bridgehead atoms. The van der Waals surface area contributed by atoms with E-state index in [0.29, 0.717) is 0 Å². The third-order valence-corrected chi connectivity index (χ3v) is 2.28. The zero-order chi connectivity index (χ0) is 10.8. The van der Waals surface area contributed by atoms with E-state index < -0.39 is 5.56 Å². The maximum Gasteiger partial charge on any atom is 0.315 e. The van der Waals surface area contributed by atoms with Gasteiger partial charge in [-0.2, -0.15) is 4.98 Å². The van der Waals surface area contributed by atoms with Gasteiger partial charge in [0.25, 0.3) is 0 Å². The summed E-state index contributed by atoms with van der Waals surface area (Å²) in [6, 6.07) is 7.43. The van der Waals surface area contributed by atoms with Gasteiger partial charge < -0.3 is 5.73 Å². The Bertz CT molecular complexity index is 552. The first-order chi connectivity index (χ1) is 7.16. The van der Waals surface area contributed by atoms with Crippen LogP contribution in [0.3, 0.4) is 0 Å². The van der Waals surface area contributed by atoms with Crippen LogP contribution in [0, 0.1) is 0 Å². The fourth-order valence-electron chi connectivity index (χ4n) is 1.10. The molecule has 0 aliphatic rings. The molecule has 2 N–H and O–H groups in total. The number of nitrogen functional groups attached to an aromatic ring is 1. The smallest absolute Gasteiger partial charge is 0.315 e. The summed E-state index contributed by atoms with van der Waals surface area (Å²) < 4.78 is 2.36. The number of hydrogen-bond acceptors (Lipinski definition) is 4. The molecule has 0 aliphatic heterocycles. The second-order valence-corrected chi connectivity index (χ2v) is 3.78. The van der Waals surface area contributed by atoms with Crippen molar-refractivity contribution in [3.05, 3.63) is 45.4 Å². The number of nitrogens with two attached hydrogens (primary N) is 1. The standard InChI is InChI=1S/C9H7BrN4O/c10-6-2-1-3-7(4-6)14-5-12-9(15)8(11)13-14/h1-5H,(H2,11,13). The highest BCUT2D eigenvalue weighted by Crippen LogP contribution is 2.13. The van der Waals surface area contributed by atoms with Crippen LogP contribution in [0.5, 0.6) is 0 Å². The molecule has 15 heavy (non-hydrogen) atoms. The Kier molecular flexibility index (Phi) is 2.51. The first kappa shape index (κ1) is 9.85. The van der Waals surface area contributed by atoms with Crippen molar-refractivity contribution in [2.24, 2.45) is 0 Å². The molecule has 1 aromatic heterocycles. The Hall–Kier alpha value is -1.69. The average molecular weight is 267 g/mol. The fourth-order valence-corrected chi connectivity index (χ4v) is 1.49. The average Bonchev–Trinajstić information content (AvgIpc) is 2.22. The maximum atomic E-state index is 10.9. The Morgan fingerprint density at radius 2 is 2.20 bits per heavy atom. The van der Waals surface area contributed by atoms with Crippen LogP contribution < -0.4 is 11.3 Å². The van der Waals surface area contributed by atoms with E-state index in [1.807, 2.05) is 24.3 Å². The van der Waals surface area contributed by atoms with Crippen LogP contribution in [0.1, 0.15) is 0 Å². The second-order valence-electron chi connectivity index (χ2n) is 2.86. The summed E-state index contributed by atoms with van der Waals surface area (Å²) in [6.07, 6.45) is 1.33. The monoisotopic (exact) mass is 266 g/mol. The highest BCUT2D eigenvalue weighted by molar-refractivity contribution is 9.10. The van der Waals surface area contributed by atoms with Gasteiger partial charge in [-0.1, -0.05) is 22.0 Å². The molecule has 2 aromatic rings. The van der Waals surface area contributed by atoms with Crippen molar-refractivity contribution in [3.63, 3.8) is 0 Å². The van der Waals surface area contributed by atoms with E-state index in [2.05, 4.69) is 26.0 Å². The van der Waals surface area contributed by atoms with Crippen LogP contribution in [0.25, 0.3) is 5.69 Å². The van der Waals surface area contributed by atoms with Crippen LogP contribution in [-0.4, -0.2) is 14.8 Å². The van der Waals surface area contributed by atoms with Crippen molar-refractivity contribution in [2.75, 3.05) is 5.73 Å². The minimum Gasteiger partial charge on any atom is -0.378 e. The highest BCUT2D eigenvalue weighted by Gasteiger charge is 2.00. The summed E-state index contributed by atoms with van der Waals surface area (Å²) in [5.74, 6) is -0.113. The van der Waals surface area contributed by atoms with Gasteiger partial charge in [0.1, 0.15) is 6.33 Å². The molecule has 0 unspecified atom stereocenters. The summed E-state index contributed by atoms with van der Waals surface area (Å²) in [5, 5.41) is 3.88. The molecule has 0 saturated heterocycles. The summed E-state index contributed by atoms with van der Waals surface area (Å²) >= 11 is 3.34. The molecule has 2 rings (SSSR count). The summed E-state index contributed by atoms with van der Waals surface area (Å²) in [7, 11) is 0. The SMILES string of the molecule is Nc1nn(-c2cccc(Br)c2)cnc1=O. The number of hydrogen-bond donors (Lipinski definition) is 1. The number of rotatable bonds is 1. The van der Waals surface area contributed by atoms with Gasteiger partial charge in [0.15, 0.2) is 0 Å². The van der Waals surface area contributed by atoms with Gasteiger partial charge in [0.05, 0.1) is 5.69 Å². The van der Waals surface area contributed by atoms with Gasteiger partial charge in [0, 0.05) is 4.47 Å². The van der Waals surface area contributed by atoms with E-state index in [0.717, 1.165) is 10.2 Å². The molecular weight excluding hydrogens is 260 g/mol. The minimum absolute atomic E-state index is 0.113. The maximum absolute atomic E-state index is 10.9.